The van der Waals surface area contributed by atoms with Gasteiger partial charge in [-0.15, -0.1) is 11.3 Å². The van der Waals surface area contributed by atoms with Crippen molar-refractivity contribution in [2.45, 2.75) is 0 Å². The molecule has 0 radical (unpaired) electrons. The molecule has 254 valence electrons. The highest BCUT2D eigenvalue weighted by Crippen LogP contribution is 2.50. The summed E-state index contributed by atoms with van der Waals surface area (Å²) in [7, 11) is 0. The monoisotopic (exact) mass is 721 g/mol. The third kappa shape index (κ3) is 3.84. The van der Waals surface area contributed by atoms with E-state index in [9.17, 15) is 2.74 Å². The summed E-state index contributed by atoms with van der Waals surface area (Å²) < 4.78 is 50.9. The van der Waals surface area contributed by atoms with E-state index >= 15 is 0 Å². The molecular formula is C50H28N4S. The first-order valence-corrected chi connectivity index (χ1v) is 19.1. The van der Waals surface area contributed by atoms with E-state index in [1.54, 1.807) is 11.3 Å². The molecule has 55 heavy (non-hydrogen) atoms. The fourth-order valence-electron chi connectivity index (χ4n) is 9.25. The predicted octanol–water partition coefficient (Wildman–Crippen LogP) is 13.7. The van der Waals surface area contributed by atoms with E-state index in [1.165, 1.54) is 0 Å². The van der Waals surface area contributed by atoms with Gasteiger partial charge in [0.15, 0.2) is 0 Å². The highest BCUT2D eigenvalue weighted by atomic mass is 32.1. The topological polar surface area (TPSA) is 35.6 Å². The van der Waals surface area contributed by atoms with Crippen LogP contribution >= 0.6 is 11.3 Å². The van der Waals surface area contributed by atoms with Gasteiger partial charge in [0.1, 0.15) is 5.82 Å². The number of nitrogens with zero attached hydrogens (tertiary/aromatic N) is 4. The van der Waals surface area contributed by atoms with Gasteiger partial charge in [0, 0.05) is 71.9 Å². The zero-order valence-corrected chi connectivity index (χ0v) is 29.8. The Morgan fingerprint density at radius 1 is 0.491 bits per heavy atom. The lowest BCUT2D eigenvalue weighted by molar-refractivity contribution is 1.09. The van der Waals surface area contributed by atoms with Crippen LogP contribution in [-0.2, 0) is 0 Å². The Balaban J connectivity index is 1.28. The van der Waals surface area contributed by atoms with Crippen molar-refractivity contribution in [1.82, 2.24) is 19.1 Å². The van der Waals surface area contributed by atoms with E-state index in [0.29, 0.717) is 0 Å². The van der Waals surface area contributed by atoms with Crippen LogP contribution in [0.2, 0.25) is 0 Å². The van der Waals surface area contributed by atoms with E-state index in [1.807, 2.05) is 47.3 Å². The van der Waals surface area contributed by atoms with Crippen molar-refractivity contribution in [3.63, 3.8) is 0 Å². The summed E-state index contributed by atoms with van der Waals surface area (Å²) in [5.41, 5.74) is 4.69. The minimum absolute atomic E-state index is 0.130. The number of fused-ring (bicyclic) bond motifs is 19. The quantitative estimate of drug-likeness (QED) is 0.167. The van der Waals surface area contributed by atoms with Crippen molar-refractivity contribution in [2.75, 3.05) is 0 Å². The summed E-state index contributed by atoms with van der Waals surface area (Å²) in [6, 6.07) is 42.6. The van der Waals surface area contributed by atoms with Crippen LogP contribution in [0, 0.1) is 0 Å². The summed E-state index contributed by atoms with van der Waals surface area (Å²) in [6.45, 7) is 0. The van der Waals surface area contributed by atoms with E-state index in [0.717, 1.165) is 113 Å². The first-order chi connectivity index (χ1) is 29.4. The predicted molar refractivity (Wildman–Crippen MR) is 234 cm³/mol. The molecule has 4 nitrogen and oxygen atoms in total. The molecular weight excluding hydrogens is 689 g/mol. The van der Waals surface area contributed by atoms with Crippen LogP contribution in [0.3, 0.4) is 0 Å². The molecule has 13 rings (SSSR count). The molecule has 0 bridgehead atoms. The van der Waals surface area contributed by atoms with Crippen LogP contribution in [-0.4, -0.2) is 19.1 Å². The molecule has 5 heterocycles. The van der Waals surface area contributed by atoms with Gasteiger partial charge in [-0.1, -0.05) is 109 Å². The molecule has 13 aromatic rings. The summed E-state index contributed by atoms with van der Waals surface area (Å²) >= 11 is 1.71. The Bertz CT molecular complexity index is 4060. The summed E-state index contributed by atoms with van der Waals surface area (Å²) in [5.74, 6) is 0.781. The smallest absolute Gasteiger partial charge is 0.139 e. The van der Waals surface area contributed by atoms with E-state index in [2.05, 4.69) is 102 Å². The summed E-state index contributed by atoms with van der Waals surface area (Å²) in [5, 5.41) is 13.8. The van der Waals surface area contributed by atoms with Gasteiger partial charge in [-0.25, -0.2) is 4.98 Å². The van der Waals surface area contributed by atoms with Gasteiger partial charge in [0.2, 0.25) is 0 Å². The van der Waals surface area contributed by atoms with Crippen LogP contribution < -0.4 is 0 Å². The van der Waals surface area contributed by atoms with Crippen molar-refractivity contribution < 1.29 is 6.85 Å². The lowest BCUT2D eigenvalue weighted by atomic mass is 9.95. The first-order valence-electron chi connectivity index (χ1n) is 20.7. The maximum atomic E-state index is 9.27. The zero-order chi connectivity index (χ0) is 40.1. The highest BCUT2D eigenvalue weighted by molar-refractivity contribution is 7.27. The zero-order valence-electron chi connectivity index (χ0n) is 34.0. The molecule has 0 atom stereocenters. The van der Waals surface area contributed by atoms with E-state index < -0.39 is 6.04 Å². The van der Waals surface area contributed by atoms with E-state index in [-0.39, 0.29) is 29.9 Å². The van der Waals surface area contributed by atoms with Gasteiger partial charge in [-0.3, -0.25) is 9.55 Å². The maximum absolute atomic E-state index is 9.27. The Morgan fingerprint density at radius 3 is 1.95 bits per heavy atom. The molecule has 0 unspecified atom stereocenters. The maximum Gasteiger partial charge on any atom is 0.139 e. The van der Waals surface area contributed by atoms with Crippen molar-refractivity contribution in [3.8, 4) is 11.5 Å². The second-order valence-electron chi connectivity index (χ2n) is 14.2. The second-order valence-corrected chi connectivity index (χ2v) is 15.2. The van der Waals surface area contributed by atoms with Gasteiger partial charge in [0.25, 0.3) is 0 Å². The lowest BCUT2D eigenvalue weighted by Crippen LogP contribution is -1.98. The van der Waals surface area contributed by atoms with Crippen LogP contribution in [0.15, 0.2) is 170 Å². The van der Waals surface area contributed by atoms with E-state index in [4.69, 9.17) is 14.1 Å². The standard InChI is InChI=1S/C50H28N4S/c1-2-14-30(15-3-1)53-42-27-43-39(25-38(42)46-33-18-6-4-16-31(33)32-17-5-9-21-36(32)48(46)53)47-35-20-8-7-19-34(35)45-37-22-10-11-23-41(37)54(49(45)50(47)55-43)44-26-40-29(28-52-44)13-12-24-51-40/h1-28H/i1D,2D,3D,14D,15D. The SMILES string of the molecule is [2H]c1c([2H])c([2H])c(-n2c3cc4sc5c(c4cc3c3c4ccccc4c4ccccc4c32)c2ccccc2c2c3ccccc3n(-c3cc4ncccc4cn3)c52)c([2H])c1[2H]. The molecule has 0 fully saturated rings. The normalized spacial score (nSPS) is 13.6. The summed E-state index contributed by atoms with van der Waals surface area (Å²) in [6.07, 6.45) is 3.71. The molecule has 0 saturated heterocycles. The van der Waals surface area contributed by atoms with Gasteiger partial charge in [-0.05, 0) is 69.3 Å². The largest absolute Gasteiger partial charge is 0.309 e. The molecule has 0 N–H and O–H groups in total. The second kappa shape index (κ2) is 10.8. The van der Waals surface area contributed by atoms with Crippen LogP contribution in [0.4, 0.5) is 0 Å². The van der Waals surface area contributed by atoms with Crippen molar-refractivity contribution in [2.24, 2.45) is 0 Å². The van der Waals surface area contributed by atoms with Gasteiger partial charge < -0.3 is 4.57 Å². The fourth-order valence-corrected chi connectivity index (χ4v) is 10.5. The Hall–Kier alpha value is -7.08. The van der Waals surface area contributed by atoms with Gasteiger partial charge >= 0.3 is 0 Å². The number of benzene rings is 8. The molecule has 5 aromatic heterocycles. The number of para-hydroxylation sites is 2. The highest BCUT2D eigenvalue weighted by Gasteiger charge is 2.25. The molecule has 5 heteroatoms. The van der Waals surface area contributed by atoms with Crippen LogP contribution in [0.25, 0.3) is 119 Å². The lowest BCUT2D eigenvalue weighted by Gasteiger charge is -2.12. The fraction of sp³-hybridized carbons (Fsp3) is 0. The average molecular weight is 722 g/mol. The summed E-state index contributed by atoms with van der Waals surface area (Å²) in [4.78, 5) is 9.74. The molecule has 8 aromatic carbocycles. The number of pyridine rings is 2. The number of hydrogen-bond acceptors (Lipinski definition) is 3. The third-order valence-electron chi connectivity index (χ3n) is 11.4. The molecule has 0 aliphatic carbocycles. The van der Waals surface area contributed by atoms with Gasteiger partial charge in [-0.2, -0.15) is 0 Å². The molecule has 0 saturated carbocycles. The van der Waals surface area contributed by atoms with Crippen LogP contribution in [0.1, 0.15) is 6.85 Å². The third-order valence-corrected chi connectivity index (χ3v) is 12.6. The Labute approximate surface area is 324 Å². The Morgan fingerprint density at radius 2 is 1.15 bits per heavy atom. The number of aromatic nitrogens is 4. The minimum Gasteiger partial charge on any atom is -0.309 e. The molecule has 0 aliphatic heterocycles. The van der Waals surface area contributed by atoms with Crippen LogP contribution in [0.5, 0.6) is 0 Å². The molecule has 0 amide bonds. The van der Waals surface area contributed by atoms with Crippen molar-refractivity contribution in [1.29, 1.82) is 0 Å². The number of thiophene rings is 1. The number of hydrogen-bond donors (Lipinski definition) is 0. The molecule has 0 spiro atoms. The average Bonchev–Trinajstić information content (AvgIpc) is 3.95. The van der Waals surface area contributed by atoms with Gasteiger partial charge in [0.05, 0.1) is 39.1 Å². The molecule has 0 aliphatic rings. The number of rotatable bonds is 2. The Kier molecular flexibility index (Phi) is 4.89. The van der Waals surface area contributed by atoms with Crippen molar-refractivity contribution in [3.05, 3.63) is 170 Å². The minimum atomic E-state index is -0.417. The van der Waals surface area contributed by atoms with Crippen molar-refractivity contribution >= 4 is 118 Å². The first kappa shape index (κ1) is 25.0.